The minimum absolute atomic E-state index is 0.0282. The van der Waals surface area contributed by atoms with E-state index in [2.05, 4.69) is 10.3 Å². The molecule has 3 rings (SSSR count). The number of benzene rings is 1. The molecule has 3 aromatic rings. The molecule has 0 spiro atoms. The Bertz CT molecular complexity index is 1030. The molecule has 4 N–H and O–H groups in total. The number of nitrogens with one attached hydrogen (secondary N) is 1. The molecule has 148 valence electrons. The van der Waals surface area contributed by atoms with E-state index in [4.69, 9.17) is 15.3 Å². The van der Waals surface area contributed by atoms with Gasteiger partial charge in [-0.05, 0) is 30.3 Å². The van der Waals surface area contributed by atoms with E-state index in [1.54, 1.807) is 0 Å². The molecule has 0 atom stereocenters. The van der Waals surface area contributed by atoms with Crippen molar-refractivity contribution >= 4 is 16.9 Å². The van der Waals surface area contributed by atoms with Crippen LogP contribution in [0.1, 0.15) is 21.8 Å². The molecule has 28 heavy (non-hydrogen) atoms. The number of rotatable bonds is 5. The summed E-state index contributed by atoms with van der Waals surface area (Å²) in [5, 5.41) is 11.1. The lowest BCUT2D eigenvalue weighted by Gasteiger charge is -2.11. The molecule has 10 heteroatoms. The molecule has 0 aliphatic heterocycles. The fraction of sp³-hybridized carbons (Fsp3) is 0.222. The molecule has 0 radical (unpaired) electrons. The smallest absolute Gasteiger partial charge is 0.420 e. The predicted octanol–water partition coefficient (Wildman–Crippen LogP) is 2.83. The van der Waals surface area contributed by atoms with Crippen LogP contribution in [0.3, 0.4) is 0 Å². The highest BCUT2D eigenvalue weighted by molar-refractivity contribution is 5.93. The van der Waals surface area contributed by atoms with Crippen molar-refractivity contribution < 1.29 is 31.9 Å². The van der Waals surface area contributed by atoms with Crippen molar-refractivity contribution in [3.63, 3.8) is 0 Å². The molecule has 0 saturated carbocycles. The van der Waals surface area contributed by atoms with E-state index in [0.29, 0.717) is 0 Å². The van der Waals surface area contributed by atoms with Crippen LogP contribution in [0.5, 0.6) is 0 Å². The quantitative estimate of drug-likeness (QED) is 0.575. The first-order valence-corrected chi connectivity index (χ1v) is 8.14. The number of aromatic nitrogens is 1. The van der Waals surface area contributed by atoms with Gasteiger partial charge in [0, 0.05) is 17.5 Å². The van der Waals surface area contributed by atoms with Gasteiger partial charge in [-0.3, -0.25) is 4.79 Å². The summed E-state index contributed by atoms with van der Waals surface area (Å²) in [5.74, 6) is -1.65. The Morgan fingerprint density at radius 1 is 1.25 bits per heavy atom. The number of aliphatic hydroxyl groups is 1. The van der Waals surface area contributed by atoms with Gasteiger partial charge >= 0.3 is 6.18 Å². The van der Waals surface area contributed by atoms with Crippen LogP contribution in [0, 0.1) is 5.82 Å². The maximum absolute atomic E-state index is 13.9. The standard InChI is InChI=1S/C18H15F4N3O3/c19-13-1-2-14(25-15(13)17(27)24-3-4-26)9-5-10-6-11(8-23)28-16(10)12(7-9)18(20,21)22/h1-2,5-7,26H,3-4,8,23H2,(H,24,27). The lowest BCUT2D eigenvalue weighted by Crippen LogP contribution is -2.28. The van der Waals surface area contributed by atoms with Crippen LogP contribution in [0.25, 0.3) is 22.2 Å². The average molecular weight is 397 g/mol. The van der Waals surface area contributed by atoms with Crippen LogP contribution in [0.4, 0.5) is 17.6 Å². The second-order valence-electron chi connectivity index (χ2n) is 5.86. The zero-order chi connectivity index (χ0) is 20.5. The number of furan rings is 1. The number of carbonyl (C=O) groups is 1. The van der Waals surface area contributed by atoms with Gasteiger partial charge in [0.05, 0.1) is 24.4 Å². The summed E-state index contributed by atoms with van der Waals surface area (Å²) in [6, 6.07) is 5.70. The number of aliphatic hydroxyl groups excluding tert-OH is 1. The molecule has 0 aliphatic rings. The number of carbonyl (C=O) groups excluding carboxylic acids is 1. The molecule has 0 aliphatic carbocycles. The normalized spacial score (nSPS) is 11.8. The van der Waals surface area contributed by atoms with E-state index in [-0.39, 0.29) is 47.7 Å². The highest BCUT2D eigenvalue weighted by Gasteiger charge is 2.35. The highest BCUT2D eigenvalue weighted by Crippen LogP contribution is 2.39. The zero-order valence-corrected chi connectivity index (χ0v) is 14.3. The Balaban J connectivity index is 2.14. The van der Waals surface area contributed by atoms with Gasteiger partial charge in [0.2, 0.25) is 0 Å². The van der Waals surface area contributed by atoms with Crippen molar-refractivity contribution in [3.8, 4) is 11.3 Å². The number of nitrogens with two attached hydrogens (primary N) is 1. The maximum atomic E-state index is 13.9. The van der Waals surface area contributed by atoms with Gasteiger partial charge in [-0.2, -0.15) is 13.2 Å². The van der Waals surface area contributed by atoms with Gasteiger partial charge in [-0.15, -0.1) is 0 Å². The Morgan fingerprint density at radius 3 is 2.64 bits per heavy atom. The summed E-state index contributed by atoms with van der Waals surface area (Å²) < 4.78 is 59.6. The molecule has 1 amide bonds. The van der Waals surface area contributed by atoms with E-state index in [9.17, 15) is 22.4 Å². The first-order chi connectivity index (χ1) is 13.2. The third-order valence-corrected chi connectivity index (χ3v) is 3.93. The van der Waals surface area contributed by atoms with Crippen molar-refractivity contribution in [1.29, 1.82) is 0 Å². The molecule has 1 aromatic carbocycles. The molecule has 0 bridgehead atoms. The SMILES string of the molecule is NCc1cc2cc(-c3ccc(F)c(C(=O)NCCO)n3)cc(C(F)(F)F)c2o1. The number of halogens is 4. The van der Waals surface area contributed by atoms with Crippen molar-refractivity contribution in [1.82, 2.24) is 10.3 Å². The summed E-state index contributed by atoms with van der Waals surface area (Å²) in [6.45, 7) is -0.556. The molecule has 0 fully saturated rings. The average Bonchev–Trinajstić information content (AvgIpc) is 3.08. The molecule has 0 saturated heterocycles. The summed E-state index contributed by atoms with van der Waals surface area (Å²) in [5.41, 5.74) is 3.46. The van der Waals surface area contributed by atoms with E-state index >= 15 is 0 Å². The van der Waals surface area contributed by atoms with Gasteiger partial charge in [0.15, 0.2) is 11.5 Å². The van der Waals surface area contributed by atoms with Crippen molar-refractivity contribution in [2.45, 2.75) is 12.7 Å². The number of fused-ring (bicyclic) bond motifs is 1. The highest BCUT2D eigenvalue weighted by atomic mass is 19.4. The topological polar surface area (TPSA) is 101 Å². The monoisotopic (exact) mass is 397 g/mol. The number of pyridine rings is 1. The van der Waals surface area contributed by atoms with Crippen LogP contribution in [0.15, 0.2) is 34.7 Å². The lowest BCUT2D eigenvalue weighted by molar-refractivity contribution is -0.136. The third-order valence-electron chi connectivity index (χ3n) is 3.93. The molecule has 2 heterocycles. The van der Waals surface area contributed by atoms with Crippen LogP contribution >= 0.6 is 0 Å². The van der Waals surface area contributed by atoms with E-state index in [0.717, 1.165) is 12.1 Å². The number of nitrogens with zero attached hydrogens (tertiary/aromatic N) is 1. The first kappa shape index (κ1) is 19.8. The predicted molar refractivity (Wildman–Crippen MR) is 91.7 cm³/mol. The summed E-state index contributed by atoms with van der Waals surface area (Å²) in [7, 11) is 0. The molecule has 0 unspecified atom stereocenters. The molecular formula is C18H15F4N3O3. The Labute approximate surface area is 156 Å². The van der Waals surface area contributed by atoms with Crippen molar-refractivity contribution in [3.05, 3.63) is 53.2 Å². The van der Waals surface area contributed by atoms with Crippen LogP contribution in [0.2, 0.25) is 0 Å². The second-order valence-corrected chi connectivity index (χ2v) is 5.86. The Kier molecular flexibility index (Phi) is 5.34. The maximum Gasteiger partial charge on any atom is 0.420 e. The van der Waals surface area contributed by atoms with E-state index in [1.807, 2.05) is 0 Å². The minimum Gasteiger partial charge on any atom is -0.459 e. The van der Waals surface area contributed by atoms with Gasteiger partial charge in [0.25, 0.3) is 5.91 Å². The van der Waals surface area contributed by atoms with Crippen LogP contribution in [-0.2, 0) is 12.7 Å². The van der Waals surface area contributed by atoms with Crippen LogP contribution in [-0.4, -0.2) is 29.1 Å². The Hall–Kier alpha value is -2.98. The second kappa shape index (κ2) is 7.56. The number of hydrogen-bond donors (Lipinski definition) is 3. The Morgan fingerprint density at radius 2 is 2.00 bits per heavy atom. The lowest BCUT2D eigenvalue weighted by atomic mass is 10.0. The van der Waals surface area contributed by atoms with Crippen molar-refractivity contribution in [2.24, 2.45) is 5.73 Å². The first-order valence-electron chi connectivity index (χ1n) is 8.14. The zero-order valence-electron chi connectivity index (χ0n) is 14.3. The van der Waals surface area contributed by atoms with Gasteiger partial charge in [0.1, 0.15) is 11.3 Å². The summed E-state index contributed by atoms with van der Waals surface area (Å²) in [6.07, 6.45) is -4.71. The largest absolute Gasteiger partial charge is 0.459 e. The summed E-state index contributed by atoms with van der Waals surface area (Å²) in [4.78, 5) is 15.8. The van der Waals surface area contributed by atoms with Gasteiger partial charge < -0.3 is 20.6 Å². The fourth-order valence-corrected chi connectivity index (χ4v) is 2.68. The molecule has 6 nitrogen and oxygen atoms in total. The van der Waals surface area contributed by atoms with Gasteiger partial charge in [-0.25, -0.2) is 9.37 Å². The molecular weight excluding hydrogens is 382 g/mol. The molecule has 2 aromatic heterocycles. The third kappa shape index (κ3) is 3.82. The van der Waals surface area contributed by atoms with Crippen molar-refractivity contribution in [2.75, 3.05) is 13.2 Å². The fourth-order valence-electron chi connectivity index (χ4n) is 2.68. The minimum atomic E-state index is -4.71. The van der Waals surface area contributed by atoms with Gasteiger partial charge in [-0.1, -0.05) is 0 Å². The number of amides is 1. The van der Waals surface area contributed by atoms with E-state index < -0.39 is 29.2 Å². The van der Waals surface area contributed by atoms with E-state index in [1.165, 1.54) is 18.2 Å². The number of alkyl halides is 3. The van der Waals surface area contributed by atoms with Crippen LogP contribution < -0.4 is 11.1 Å². The summed E-state index contributed by atoms with van der Waals surface area (Å²) >= 11 is 0. The number of hydrogen-bond acceptors (Lipinski definition) is 5.